The molecule has 8 heteroatoms. The molecule has 2 aromatic rings. The maximum Gasteiger partial charge on any atom is 0.270 e. The van der Waals surface area contributed by atoms with Crippen LogP contribution in [0.4, 0.5) is 5.69 Å². The fourth-order valence-electron chi connectivity index (χ4n) is 1.67. The molecule has 0 fully saturated rings. The van der Waals surface area contributed by atoms with E-state index >= 15 is 0 Å². The van der Waals surface area contributed by atoms with Crippen molar-refractivity contribution in [2.75, 3.05) is 5.33 Å². The van der Waals surface area contributed by atoms with Crippen molar-refractivity contribution < 1.29 is 10.0 Å². The lowest BCUT2D eigenvalue weighted by Gasteiger charge is -2.09. The van der Waals surface area contributed by atoms with Crippen LogP contribution in [0.15, 0.2) is 29.3 Å². The molecule has 0 aliphatic rings. The van der Waals surface area contributed by atoms with Crippen molar-refractivity contribution in [1.82, 2.24) is 9.55 Å². The Hall–Kier alpha value is -1.80. The second-order valence-corrected chi connectivity index (χ2v) is 4.62. The second-order valence-electron chi connectivity index (χ2n) is 3.97. The Balaban J connectivity index is 2.56. The molecule has 1 aromatic carbocycles. The van der Waals surface area contributed by atoms with E-state index in [1.807, 2.05) is 0 Å². The van der Waals surface area contributed by atoms with Crippen LogP contribution in [0.2, 0.25) is 0 Å². The van der Waals surface area contributed by atoms with E-state index in [-0.39, 0.29) is 17.6 Å². The minimum atomic E-state index is -0.726. The highest BCUT2D eigenvalue weighted by atomic mass is 79.9. The molecule has 1 heterocycles. The van der Waals surface area contributed by atoms with Gasteiger partial charge in [0.25, 0.3) is 11.2 Å². The van der Waals surface area contributed by atoms with Crippen molar-refractivity contribution in [3.8, 4) is 0 Å². The Labute approximate surface area is 115 Å². The highest BCUT2D eigenvalue weighted by Crippen LogP contribution is 2.16. The number of fused-ring (bicyclic) bond motifs is 1. The summed E-state index contributed by atoms with van der Waals surface area (Å²) in [4.78, 5) is 26.3. The van der Waals surface area contributed by atoms with Gasteiger partial charge >= 0.3 is 0 Å². The molecule has 7 nitrogen and oxygen atoms in total. The first kappa shape index (κ1) is 13.6. The van der Waals surface area contributed by atoms with Crippen LogP contribution in [0.5, 0.6) is 0 Å². The summed E-state index contributed by atoms with van der Waals surface area (Å²) >= 11 is 3.10. The summed E-state index contributed by atoms with van der Waals surface area (Å²) in [6, 6.07) is 3.92. The molecule has 2 rings (SSSR count). The largest absolute Gasteiger partial charge is 0.390 e. The standard InChI is InChI=1S/C11H10BrN3O4/c12-4-8(16)5-14-6-13-10-2-1-7(15(18)19)3-9(10)11(14)17/h1-3,6,8,16H,4-5H2. The van der Waals surface area contributed by atoms with Crippen LogP contribution >= 0.6 is 15.9 Å². The number of halogens is 1. The third-order valence-corrected chi connectivity index (χ3v) is 3.35. The van der Waals surface area contributed by atoms with Crippen molar-refractivity contribution in [3.05, 3.63) is 45.0 Å². The first-order valence-corrected chi connectivity index (χ1v) is 6.52. The molecule has 19 heavy (non-hydrogen) atoms. The molecule has 0 aliphatic carbocycles. The predicted octanol–water partition coefficient (Wildman–Crippen LogP) is 1.06. The normalized spacial score (nSPS) is 12.5. The highest BCUT2D eigenvalue weighted by Gasteiger charge is 2.12. The number of aliphatic hydroxyl groups is 1. The van der Waals surface area contributed by atoms with Gasteiger partial charge < -0.3 is 5.11 Å². The van der Waals surface area contributed by atoms with Crippen molar-refractivity contribution in [2.24, 2.45) is 0 Å². The average Bonchev–Trinajstić information content (AvgIpc) is 2.41. The summed E-state index contributed by atoms with van der Waals surface area (Å²) < 4.78 is 1.23. The van der Waals surface area contributed by atoms with E-state index in [1.165, 1.54) is 29.1 Å². The molecule has 0 spiro atoms. The maximum absolute atomic E-state index is 12.1. The molecule has 0 aliphatic heterocycles. The summed E-state index contributed by atoms with van der Waals surface area (Å²) in [7, 11) is 0. The number of hydrogen-bond donors (Lipinski definition) is 1. The van der Waals surface area contributed by atoms with E-state index < -0.39 is 16.6 Å². The van der Waals surface area contributed by atoms with Gasteiger partial charge in [0.2, 0.25) is 0 Å². The Morgan fingerprint density at radius 2 is 2.26 bits per heavy atom. The molecular formula is C11H10BrN3O4. The number of aromatic nitrogens is 2. The van der Waals surface area contributed by atoms with Crippen molar-refractivity contribution in [2.45, 2.75) is 12.6 Å². The van der Waals surface area contributed by atoms with Crippen molar-refractivity contribution in [3.63, 3.8) is 0 Å². The number of benzene rings is 1. The first-order chi connectivity index (χ1) is 9.02. The van der Waals surface area contributed by atoms with Crippen LogP contribution in [0.3, 0.4) is 0 Å². The van der Waals surface area contributed by atoms with Crippen LogP contribution in [-0.2, 0) is 6.54 Å². The van der Waals surface area contributed by atoms with Gasteiger partial charge in [-0.3, -0.25) is 19.5 Å². The summed E-state index contributed by atoms with van der Waals surface area (Å²) in [6.07, 6.45) is 0.596. The van der Waals surface area contributed by atoms with Gasteiger partial charge in [0, 0.05) is 17.5 Å². The third kappa shape index (κ3) is 2.79. The van der Waals surface area contributed by atoms with E-state index in [0.717, 1.165) is 0 Å². The average molecular weight is 328 g/mol. The number of aliphatic hydroxyl groups excluding tert-OH is 1. The third-order valence-electron chi connectivity index (χ3n) is 2.60. The quantitative estimate of drug-likeness (QED) is 0.514. The highest BCUT2D eigenvalue weighted by molar-refractivity contribution is 9.09. The fourth-order valence-corrected chi connectivity index (χ4v) is 1.87. The maximum atomic E-state index is 12.1. The minimum Gasteiger partial charge on any atom is -0.390 e. The molecule has 0 amide bonds. The molecule has 0 saturated carbocycles. The fraction of sp³-hybridized carbons (Fsp3) is 0.273. The zero-order chi connectivity index (χ0) is 14.0. The molecule has 0 bridgehead atoms. The smallest absolute Gasteiger partial charge is 0.270 e. The number of non-ortho nitro benzene ring substituents is 1. The number of alkyl halides is 1. The molecule has 100 valence electrons. The van der Waals surface area contributed by atoms with Crippen LogP contribution in [0.1, 0.15) is 0 Å². The molecule has 1 aromatic heterocycles. The monoisotopic (exact) mass is 327 g/mol. The summed E-state index contributed by atoms with van der Waals surface area (Å²) in [6.45, 7) is 0.0791. The lowest BCUT2D eigenvalue weighted by Crippen LogP contribution is -2.27. The summed E-state index contributed by atoms with van der Waals surface area (Å²) in [5.74, 6) is 0. The topological polar surface area (TPSA) is 98.3 Å². The summed E-state index contributed by atoms with van der Waals surface area (Å²) in [5, 5.41) is 20.7. The van der Waals surface area contributed by atoms with Gasteiger partial charge in [-0.1, -0.05) is 15.9 Å². The number of nitro benzene ring substituents is 1. The number of nitrogens with zero attached hydrogens (tertiary/aromatic N) is 3. The van der Waals surface area contributed by atoms with E-state index in [0.29, 0.717) is 10.8 Å². The molecular weight excluding hydrogens is 318 g/mol. The molecule has 1 atom stereocenters. The van der Waals surface area contributed by atoms with Crippen LogP contribution in [0, 0.1) is 10.1 Å². The minimum absolute atomic E-state index is 0.0791. The van der Waals surface area contributed by atoms with Gasteiger partial charge in [0.05, 0.1) is 34.8 Å². The lowest BCUT2D eigenvalue weighted by molar-refractivity contribution is -0.384. The molecule has 1 N–H and O–H groups in total. The zero-order valence-corrected chi connectivity index (χ0v) is 11.3. The number of hydrogen-bond acceptors (Lipinski definition) is 5. The predicted molar refractivity (Wildman–Crippen MR) is 72.5 cm³/mol. The van der Waals surface area contributed by atoms with Crippen LogP contribution < -0.4 is 5.56 Å². The van der Waals surface area contributed by atoms with Crippen LogP contribution in [0.25, 0.3) is 10.9 Å². The van der Waals surface area contributed by atoms with E-state index in [2.05, 4.69) is 20.9 Å². The summed E-state index contributed by atoms with van der Waals surface area (Å²) in [5.41, 5.74) is -0.181. The van der Waals surface area contributed by atoms with Crippen molar-refractivity contribution >= 4 is 32.5 Å². The van der Waals surface area contributed by atoms with E-state index in [9.17, 15) is 20.0 Å². The Morgan fingerprint density at radius 3 is 2.89 bits per heavy atom. The van der Waals surface area contributed by atoms with E-state index in [1.54, 1.807) is 0 Å². The second kappa shape index (κ2) is 5.45. The van der Waals surface area contributed by atoms with Crippen LogP contribution in [-0.4, -0.2) is 31.0 Å². The van der Waals surface area contributed by atoms with Gasteiger partial charge in [-0.25, -0.2) is 4.98 Å². The van der Waals surface area contributed by atoms with Gasteiger partial charge in [-0.2, -0.15) is 0 Å². The number of nitro groups is 1. The van der Waals surface area contributed by atoms with Gasteiger partial charge in [-0.15, -0.1) is 0 Å². The Bertz CT molecular complexity index is 685. The van der Waals surface area contributed by atoms with Gasteiger partial charge in [-0.05, 0) is 6.07 Å². The van der Waals surface area contributed by atoms with Crippen molar-refractivity contribution in [1.29, 1.82) is 0 Å². The van der Waals surface area contributed by atoms with Gasteiger partial charge in [0.15, 0.2) is 0 Å². The van der Waals surface area contributed by atoms with Gasteiger partial charge in [0.1, 0.15) is 0 Å². The Morgan fingerprint density at radius 1 is 1.53 bits per heavy atom. The Kier molecular flexibility index (Phi) is 3.91. The lowest BCUT2D eigenvalue weighted by atomic mass is 10.2. The van der Waals surface area contributed by atoms with E-state index in [4.69, 9.17) is 0 Å². The molecule has 1 unspecified atom stereocenters. The SMILES string of the molecule is O=c1c2cc([N+](=O)[O-])ccc2ncn1CC(O)CBr. The number of rotatable bonds is 4. The molecule has 0 saturated heterocycles. The molecule has 0 radical (unpaired) electrons. The first-order valence-electron chi connectivity index (χ1n) is 5.40. The zero-order valence-electron chi connectivity index (χ0n) is 9.69.